The Balaban J connectivity index is 1.36. The number of amides is 1. The fraction of sp³-hybridized carbons (Fsp3) is 0.452. The molecule has 0 radical (unpaired) electrons. The first-order valence-electron chi connectivity index (χ1n) is 14.2. The van der Waals surface area contributed by atoms with Gasteiger partial charge in [0.2, 0.25) is 5.91 Å². The van der Waals surface area contributed by atoms with Crippen molar-refractivity contribution in [2.75, 3.05) is 50.1 Å². The number of benzene rings is 2. The summed E-state index contributed by atoms with van der Waals surface area (Å²) in [5.41, 5.74) is 3.10. The second-order valence-corrected chi connectivity index (χ2v) is 11.5. The van der Waals surface area contributed by atoms with Crippen molar-refractivity contribution in [1.29, 1.82) is 0 Å². The van der Waals surface area contributed by atoms with Gasteiger partial charge in [-0.05, 0) is 57.8 Å². The number of likely N-dealkylation sites (N-methyl/N-ethyl adjacent to an activating group) is 1. The summed E-state index contributed by atoms with van der Waals surface area (Å²) in [5.74, 6) is 1.21. The molecule has 40 heavy (non-hydrogen) atoms. The van der Waals surface area contributed by atoms with Gasteiger partial charge in [-0.3, -0.25) is 4.79 Å². The lowest BCUT2D eigenvalue weighted by Gasteiger charge is -2.42. The average molecular weight is 543 g/mol. The molecule has 3 unspecified atom stereocenters. The third kappa shape index (κ3) is 4.94. The molecule has 2 saturated heterocycles. The summed E-state index contributed by atoms with van der Waals surface area (Å²) in [6, 6.07) is 12.5. The number of carbonyl (C=O) groups is 1. The van der Waals surface area contributed by atoms with Crippen molar-refractivity contribution in [1.82, 2.24) is 19.8 Å². The lowest BCUT2D eigenvalue weighted by Crippen LogP contribution is -2.56. The number of aromatic nitrogens is 2. The van der Waals surface area contributed by atoms with E-state index in [1.165, 1.54) is 6.08 Å². The molecule has 1 N–H and O–H groups in total. The zero-order valence-electron chi connectivity index (χ0n) is 23.6. The standard InChI is InChI=1S/C31H38N6O3/c1-5-29(39)37-22-10-11-23(37)18-36(17-22)30-26-12-13-35(28-15-24(38)14-21-8-6-7-9-25(21)28)19-27(26)32-31(33-30)40-20(2)16-34(3)4/h5-9,14-15,20,22-23,38H,1,10-13,16-19H2,2-4H3. The van der Waals surface area contributed by atoms with E-state index in [4.69, 9.17) is 14.7 Å². The number of carbonyl (C=O) groups excluding carboxylic acids is 1. The summed E-state index contributed by atoms with van der Waals surface area (Å²) in [4.78, 5) is 31.3. The highest BCUT2D eigenvalue weighted by Gasteiger charge is 2.43. The number of anilines is 2. The predicted octanol–water partition coefficient (Wildman–Crippen LogP) is 3.59. The Kier molecular flexibility index (Phi) is 7.00. The number of hydrogen-bond acceptors (Lipinski definition) is 8. The minimum Gasteiger partial charge on any atom is -0.508 e. The lowest BCUT2D eigenvalue weighted by atomic mass is 10.0. The summed E-state index contributed by atoms with van der Waals surface area (Å²) in [7, 11) is 4.05. The Morgan fingerprint density at radius 1 is 1.18 bits per heavy atom. The van der Waals surface area contributed by atoms with Crippen molar-refractivity contribution in [3.8, 4) is 11.8 Å². The van der Waals surface area contributed by atoms with E-state index in [-0.39, 0.29) is 29.8 Å². The molecular weight excluding hydrogens is 504 g/mol. The van der Waals surface area contributed by atoms with Gasteiger partial charge in [0, 0.05) is 61.0 Å². The van der Waals surface area contributed by atoms with Crippen LogP contribution in [0.5, 0.6) is 11.8 Å². The third-order valence-corrected chi connectivity index (χ3v) is 8.33. The lowest BCUT2D eigenvalue weighted by molar-refractivity contribution is -0.129. The van der Waals surface area contributed by atoms with Crippen LogP contribution in [0.3, 0.4) is 0 Å². The molecule has 0 saturated carbocycles. The van der Waals surface area contributed by atoms with Gasteiger partial charge in [0.15, 0.2) is 0 Å². The predicted molar refractivity (Wildman–Crippen MR) is 157 cm³/mol. The largest absolute Gasteiger partial charge is 0.508 e. The minimum absolute atomic E-state index is 0.0207. The summed E-state index contributed by atoms with van der Waals surface area (Å²) in [6.07, 6.45) is 4.13. The second kappa shape index (κ2) is 10.6. The van der Waals surface area contributed by atoms with E-state index in [0.717, 1.165) is 79.0 Å². The maximum atomic E-state index is 12.6. The van der Waals surface area contributed by atoms with Crippen LogP contribution in [0.25, 0.3) is 10.8 Å². The van der Waals surface area contributed by atoms with E-state index in [0.29, 0.717) is 12.6 Å². The van der Waals surface area contributed by atoms with Crippen LogP contribution in [0.1, 0.15) is 31.0 Å². The van der Waals surface area contributed by atoms with E-state index in [9.17, 15) is 9.90 Å². The van der Waals surface area contributed by atoms with Crippen LogP contribution in [0.2, 0.25) is 0 Å². The molecule has 3 aliphatic rings. The Morgan fingerprint density at radius 3 is 2.65 bits per heavy atom. The number of hydrogen-bond donors (Lipinski definition) is 1. The highest BCUT2D eigenvalue weighted by Crippen LogP contribution is 2.38. The molecule has 1 aromatic heterocycles. The molecule has 0 spiro atoms. The van der Waals surface area contributed by atoms with Crippen molar-refractivity contribution in [3.63, 3.8) is 0 Å². The van der Waals surface area contributed by atoms with Crippen molar-refractivity contribution in [2.24, 2.45) is 0 Å². The number of fused-ring (bicyclic) bond motifs is 4. The number of phenols is 1. The van der Waals surface area contributed by atoms with Crippen LogP contribution in [0, 0.1) is 0 Å². The summed E-state index contributed by atoms with van der Waals surface area (Å²) >= 11 is 0. The second-order valence-electron chi connectivity index (χ2n) is 11.5. The SMILES string of the molecule is C=CC(=O)N1C2CCC1CN(c1nc(OC(C)CN(C)C)nc3c1CCN(c1cc(O)cc4ccccc14)C3)C2. The monoisotopic (exact) mass is 542 g/mol. The first kappa shape index (κ1) is 26.4. The molecule has 2 fully saturated rings. The minimum atomic E-state index is -0.0751. The molecule has 9 heteroatoms. The van der Waals surface area contributed by atoms with Crippen LogP contribution < -0.4 is 14.5 Å². The normalized spacial score (nSPS) is 21.1. The molecule has 4 heterocycles. The van der Waals surface area contributed by atoms with Gasteiger partial charge in [-0.1, -0.05) is 30.8 Å². The van der Waals surface area contributed by atoms with Gasteiger partial charge in [-0.15, -0.1) is 0 Å². The smallest absolute Gasteiger partial charge is 0.318 e. The molecule has 2 bridgehead atoms. The van der Waals surface area contributed by atoms with Crippen molar-refractivity contribution < 1.29 is 14.6 Å². The first-order chi connectivity index (χ1) is 19.3. The fourth-order valence-electron chi connectivity index (χ4n) is 6.72. The first-order valence-corrected chi connectivity index (χ1v) is 14.2. The van der Waals surface area contributed by atoms with Crippen LogP contribution in [0.4, 0.5) is 11.5 Å². The van der Waals surface area contributed by atoms with E-state index in [1.54, 1.807) is 6.07 Å². The topological polar surface area (TPSA) is 85.3 Å². The maximum absolute atomic E-state index is 12.6. The zero-order chi connectivity index (χ0) is 28.0. The van der Waals surface area contributed by atoms with Crippen molar-refractivity contribution in [3.05, 3.63) is 60.3 Å². The molecule has 1 amide bonds. The third-order valence-electron chi connectivity index (χ3n) is 8.33. The highest BCUT2D eigenvalue weighted by atomic mass is 16.5. The van der Waals surface area contributed by atoms with Crippen LogP contribution in [0.15, 0.2) is 49.1 Å². The van der Waals surface area contributed by atoms with Gasteiger partial charge >= 0.3 is 6.01 Å². The number of phenolic OH excluding ortho intramolecular Hbond substituents is 1. The van der Waals surface area contributed by atoms with Gasteiger partial charge in [0.05, 0.1) is 12.2 Å². The summed E-state index contributed by atoms with van der Waals surface area (Å²) in [5, 5.41) is 12.6. The summed E-state index contributed by atoms with van der Waals surface area (Å²) in [6.45, 7) is 9.38. The Morgan fingerprint density at radius 2 is 1.93 bits per heavy atom. The molecule has 2 aromatic carbocycles. The molecule has 210 valence electrons. The number of aromatic hydroxyl groups is 1. The van der Waals surface area contributed by atoms with Crippen LogP contribution in [-0.4, -0.2) is 89.2 Å². The van der Waals surface area contributed by atoms with Gasteiger partial charge in [-0.25, -0.2) is 0 Å². The molecule has 3 aromatic rings. The molecule has 9 nitrogen and oxygen atoms in total. The van der Waals surface area contributed by atoms with E-state index < -0.39 is 0 Å². The van der Waals surface area contributed by atoms with E-state index >= 15 is 0 Å². The van der Waals surface area contributed by atoms with Gasteiger partial charge in [0.25, 0.3) is 0 Å². The van der Waals surface area contributed by atoms with E-state index in [2.05, 4.69) is 27.3 Å². The highest BCUT2D eigenvalue weighted by molar-refractivity contribution is 5.95. The number of nitrogens with zero attached hydrogens (tertiary/aromatic N) is 6. The van der Waals surface area contributed by atoms with Gasteiger partial charge in [-0.2, -0.15) is 9.97 Å². The average Bonchev–Trinajstić information content (AvgIpc) is 3.19. The van der Waals surface area contributed by atoms with Crippen LogP contribution in [-0.2, 0) is 17.8 Å². The zero-order valence-corrected chi connectivity index (χ0v) is 23.6. The summed E-state index contributed by atoms with van der Waals surface area (Å²) < 4.78 is 6.27. The molecule has 0 aliphatic carbocycles. The van der Waals surface area contributed by atoms with Crippen molar-refractivity contribution >= 4 is 28.2 Å². The van der Waals surface area contributed by atoms with Gasteiger partial charge in [0.1, 0.15) is 17.7 Å². The van der Waals surface area contributed by atoms with E-state index in [1.807, 2.05) is 50.2 Å². The maximum Gasteiger partial charge on any atom is 0.318 e. The molecule has 3 atom stereocenters. The molecule has 6 rings (SSSR count). The molecular formula is C31H38N6O3. The Hall–Kier alpha value is -3.85. The number of rotatable bonds is 7. The Labute approximate surface area is 235 Å². The quantitative estimate of drug-likeness (QED) is 0.454. The van der Waals surface area contributed by atoms with Gasteiger partial charge < -0.3 is 29.4 Å². The number of ether oxygens (including phenoxy) is 1. The fourth-order valence-corrected chi connectivity index (χ4v) is 6.72. The van der Waals surface area contributed by atoms with Crippen LogP contribution >= 0.6 is 0 Å². The van der Waals surface area contributed by atoms with Crippen molar-refractivity contribution in [2.45, 2.75) is 50.9 Å². The molecule has 3 aliphatic heterocycles. The Bertz CT molecular complexity index is 1430. The number of piperazine rings is 1.